The molecule has 1 saturated heterocycles. The molecule has 1 aliphatic heterocycles. The van der Waals surface area contributed by atoms with Crippen LogP contribution in [0.3, 0.4) is 0 Å². The molecule has 1 aliphatic rings. The first-order chi connectivity index (χ1) is 13.2. The molecule has 27 heavy (non-hydrogen) atoms. The van der Waals surface area contributed by atoms with Crippen LogP contribution in [0.1, 0.15) is 25.2 Å². The molecular weight excluding hydrogens is 340 g/mol. The molecule has 144 valence electrons. The topological polar surface area (TPSA) is 65.8 Å². The molecule has 7 heteroatoms. The molecule has 2 heterocycles. The summed E-state index contributed by atoms with van der Waals surface area (Å²) < 4.78 is 2.14. The van der Waals surface area contributed by atoms with Crippen molar-refractivity contribution in [2.45, 2.75) is 26.9 Å². The number of hydrogen-bond acceptors (Lipinski definition) is 3. The average molecular weight is 368 g/mol. The summed E-state index contributed by atoms with van der Waals surface area (Å²) in [7, 11) is 0. The summed E-state index contributed by atoms with van der Waals surface area (Å²) in [5.74, 6) is 1.96. The van der Waals surface area contributed by atoms with Gasteiger partial charge in [0.2, 0.25) is 5.91 Å². The van der Waals surface area contributed by atoms with Gasteiger partial charge in [0.05, 0.1) is 0 Å². The molecule has 0 unspecified atom stereocenters. The first-order valence-corrected chi connectivity index (χ1v) is 9.50. The number of benzene rings is 1. The molecule has 3 rings (SSSR count). The van der Waals surface area contributed by atoms with Gasteiger partial charge in [-0.25, -0.2) is 9.98 Å². The monoisotopic (exact) mass is 368 g/mol. The Kier molecular flexibility index (Phi) is 6.46. The van der Waals surface area contributed by atoms with Crippen LogP contribution in [0.15, 0.2) is 47.7 Å². The van der Waals surface area contributed by atoms with Gasteiger partial charge in [-0.2, -0.15) is 0 Å². The zero-order valence-electron chi connectivity index (χ0n) is 16.1. The van der Waals surface area contributed by atoms with Gasteiger partial charge >= 0.3 is 0 Å². The van der Waals surface area contributed by atoms with Gasteiger partial charge in [0.1, 0.15) is 12.4 Å². The SMILES string of the molecule is CCNC(=NCc1nccn1Cc1ccccc1)N1CCN(C(C)=O)CC1. The lowest BCUT2D eigenvalue weighted by atomic mass is 10.2. The molecule has 1 aromatic heterocycles. The Hall–Kier alpha value is -2.83. The Morgan fingerprint density at radius 1 is 1.15 bits per heavy atom. The fourth-order valence-electron chi connectivity index (χ4n) is 3.22. The molecule has 0 radical (unpaired) electrons. The van der Waals surface area contributed by atoms with E-state index in [0.717, 1.165) is 51.1 Å². The number of rotatable bonds is 5. The number of carbonyl (C=O) groups excluding carboxylic acids is 1. The molecule has 1 aromatic carbocycles. The van der Waals surface area contributed by atoms with E-state index in [-0.39, 0.29) is 5.91 Å². The summed E-state index contributed by atoms with van der Waals surface area (Å²) in [6.45, 7) is 8.89. The molecule has 1 fully saturated rings. The van der Waals surface area contributed by atoms with E-state index in [0.29, 0.717) is 6.54 Å². The van der Waals surface area contributed by atoms with Gasteiger partial charge in [0.15, 0.2) is 5.96 Å². The minimum atomic E-state index is 0.138. The van der Waals surface area contributed by atoms with Crippen LogP contribution in [0.25, 0.3) is 0 Å². The summed E-state index contributed by atoms with van der Waals surface area (Å²) in [6.07, 6.45) is 3.82. The molecule has 1 N–H and O–H groups in total. The van der Waals surface area contributed by atoms with Gasteiger partial charge in [-0.15, -0.1) is 0 Å². The number of nitrogens with one attached hydrogen (secondary N) is 1. The van der Waals surface area contributed by atoms with Crippen molar-refractivity contribution < 1.29 is 4.79 Å². The third-order valence-corrected chi connectivity index (χ3v) is 4.73. The molecule has 0 saturated carbocycles. The van der Waals surface area contributed by atoms with E-state index in [9.17, 15) is 4.79 Å². The van der Waals surface area contributed by atoms with Crippen LogP contribution in [0.4, 0.5) is 0 Å². The zero-order valence-corrected chi connectivity index (χ0v) is 16.1. The lowest BCUT2D eigenvalue weighted by molar-refractivity contribution is -0.130. The third-order valence-electron chi connectivity index (χ3n) is 4.73. The Bertz CT molecular complexity index is 762. The van der Waals surface area contributed by atoms with Crippen molar-refractivity contribution in [1.29, 1.82) is 0 Å². The van der Waals surface area contributed by atoms with Crippen LogP contribution >= 0.6 is 0 Å². The highest BCUT2D eigenvalue weighted by molar-refractivity contribution is 5.80. The number of aliphatic imine (C=N–C) groups is 1. The third kappa shape index (κ3) is 5.09. The molecule has 0 bridgehead atoms. The number of imidazole rings is 1. The van der Waals surface area contributed by atoms with Gasteiger partial charge in [0, 0.05) is 58.6 Å². The van der Waals surface area contributed by atoms with Crippen LogP contribution in [0.5, 0.6) is 0 Å². The second kappa shape index (κ2) is 9.21. The van der Waals surface area contributed by atoms with Crippen molar-refractivity contribution in [3.8, 4) is 0 Å². The number of aromatic nitrogens is 2. The quantitative estimate of drug-likeness (QED) is 0.643. The Balaban J connectivity index is 1.66. The van der Waals surface area contributed by atoms with Crippen molar-refractivity contribution >= 4 is 11.9 Å². The minimum Gasteiger partial charge on any atom is -0.357 e. The fourth-order valence-corrected chi connectivity index (χ4v) is 3.22. The molecule has 1 amide bonds. The summed E-state index contributed by atoms with van der Waals surface area (Å²) in [4.78, 5) is 24.9. The number of hydrogen-bond donors (Lipinski definition) is 1. The van der Waals surface area contributed by atoms with Crippen molar-refractivity contribution in [1.82, 2.24) is 24.7 Å². The fraction of sp³-hybridized carbons (Fsp3) is 0.450. The van der Waals surface area contributed by atoms with E-state index in [4.69, 9.17) is 4.99 Å². The molecule has 0 atom stereocenters. The van der Waals surface area contributed by atoms with Crippen LogP contribution in [0, 0.1) is 0 Å². The number of amides is 1. The van der Waals surface area contributed by atoms with Gasteiger partial charge < -0.3 is 19.7 Å². The minimum absolute atomic E-state index is 0.138. The van der Waals surface area contributed by atoms with Crippen molar-refractivity contribution in [3.05, 3.63) is 54.1 Å². The van der Waals surface area contributed by atoms with E-state index in [1.54, 1.807) is 6.92 Å². The van der Waals surface area contributed by atoms with Crippen molar-refractivity contribution in [2.24, 2.45) is 4.99 Å². The Morgan fingerprint density at radius 2 is 1.85 bits per heavy atom. The number of nitrogens with zero attached hydrogens (tertiary/aromatic N) is 5. The maximum absolute atomic E-state index is 11.5. The highest BCUT2D eigenvalue weighted by Gasteiger charge is 2.21. The predicted molar refractivity (Wildman–Crippen MR) is 106 cm³/mol. The summed E-state index contributed by atoms with van der Waals surface area (Å²) in [5.41, 5.74) is 1.24. The molecule has 0 aliphatic carbocycles. The number of guanidine groups is 1. The molecule has 0 spiro atoms. The first-order valence-electron chi connectivity index (χ1n) is 9.50. The van der Waals surface area contributed by atoms with E-state index in [1.165, 1.54) is 5.56 Å². The largest absolute Gasteiger partial charge is 0.357 e. The van der Waals surface area contributed by atoms with Crippen LogP contribution in [0.2, 0.25) is 0 Å². The molecule has 2 aromatic rings. The normalized spacial score (nSPS) is 15.1. The van der Waals surface area contributed by atoms with Gasteiger partial charge in [0.25, 0.3) is 0 Å². The first kappa shape index (κ1) is 18.9. The second-order valence-electron chi connectivity index (χ2n) is 6.62. The lowest BCUT2D eigenvalue weighted by Crippen LogP contribution is -2.53. The molecule has 7 nitrogen and oxygen atoms in total. The molecular formula is C20H28N6O. The maximum Gasteiger partial charge on any atom is 0.219 e. The van der Waals surface area contributed by atoms with Gasteiger partial charge in [-0.3, -0.25) is 4.79 Å². The van der Waals surface area contributed by atoms with Gasteiger partial charge in [-0.05, 0) is 12.5 Å². The average Bonchev–Trinajstić information content (AvgIpc) is 3.13. The summed E-state index contributed by atoms with van der Waals surface area (Å²) in [6, 6.07) is 10.4. The number of carbonyl (C=O) groups is 1. The number of piperazine rings is 1. The van der Waals surface area contributed by atoms with Crippen LogP contribution < -0.4 is 5.32 Å². The van der Waals surface area contributed by atoms with Crippen molar-refractivity contribution in [2.75, 3.05) is 32.7 Å². The van der Waals surface area contributed by atoms with Gasteiger partial charge in [-0.1, -0.05) is 30.3 Å². The Labute approximate surface area is 160 Å². The highest BCUT2D eigenvalue weighted by atomic mass is 16.2. The van der Waals surface area contributed by atoms with E-state index < -0.39 is 0 Å². The zero-order chi connectivity index (χ0) is 19.1. The van der Waals surface area contributed by atoms with E-state index >= 15 is 0 Å². The smallest absolute Gasteiger partial charge is 0.219 e. The standard InChI is InChI=1S/C20H28N6O/c1-3-21-20(25-13-11-24(12-14-25)17(2)27)23-15-19-22-9-10-26(19)16-18-7-5-4-6-8-18/h4-10H,3,11-16H2,1-2H3,(H,21,23). The predicted octanol–water partition coefficient (Wildman–Crippen LogP) is 1.56. The second-order valence-corrected chi connectivity index (χ2v) is 6.62. The lowest BCUT2D eigenvalue weighted by Gasteiger charge is -2.36. The van der Waals surface area contributed by atoms with Crippen LogP contribution in [-0.2, 0) is 17.9 Å². The van der Waals surface area contributed by atoms with E-state index in [2.05, 4.69) is 38.8 Å². The summed E-state index contributed by atoms with van der Waals surface area (Å²) >= 11 is 0. The van der Waals surface area contributed by atoms with Crippen molar-refractivity contribution in [3.63, 3.8) is 0 Å². The maximum atomic E-state index is 11.5. The van der Waals surface area contributed by atoms with Crippen LogP contribution in [-0.4, -0.2) is 63.9 Å². The summed E-state index contributed by atoms with van der Waals surface area (Å²) in [5, 5.41) is 3.36. The Morgan fingerprint density at radius 3 is 2.52 bits per heavy atom. The highest BCUT2D eigenvalue weighted by Crippen LogP contribution is 2.08. The van der Waals surface area contributed by atoms with E-state index in [1.807, 2.05) is 35.5 Å².